The molecule has 4 nitrogen and oxygen atoms in total. The Morgan fingerprint density at radius 2 is 1.69 bits per heavy atom. The summed E-state index contributed by atoms with van der Waals surface area (Å²) in [7, 11) is 1.66. The van der Waals surface area contributed by atoms with Crippen LogP contribution in [-0.4, -0.2) is 13.3 Å². The number of ether oxygens (including phenoxy) is 2. The molecular weight excluding hydrogens is 443 g/mol. The molecule has 0 aliphatic rings. The summed E-state index contributed by atoms with van der Waals surface area (Å²) in [6.07, 6.45) is 1.79. The molecule has 6 heteroatoms. The van der Waals surface area contributed by atoms with E-state index in [4.69, 9.17) is 32.7 Å². The fraction of sp³-hybridized carbons (Fsp3) is 0.115. The van der Waals surface area contributed by atoms with E-state index in [0.717, 1.165) is 39.0 Å². The highest BCUT2D eigenvalue weighted by Crippen LogP contribution is 2.28. The van der Waals surface area contributed by atoms with Crippen molar-refractivity contribution in [3.8, 4) is 11.5 Å². The van der Waals surface area contributed by atoms with Crippen LogP contribution in [0.2, 0.25) is 10.0 Å². The van der Waals surface area contributed by atoms with E-state index in [1.807, 2.05) is 60.7 Å². The molecule has 0 aliphatic heterocycles. The molecule has 0 spiro atoms. The largest absolute Gasteiger partial charge is 0.496 e. The zero-order valence-corrected chi connectivity index (χ0v) is 19.0. The predicted molar refractivity (Wildman–Crippen MR) is 132 cm³/mol. The molecule has 4 aromatic carbocycles. The number of nitrogens with zero attached hydrogens (tertiary/aromatic N) is 1. The van der Waals surface area contributed by atoms with Crippen LogP contribution in [-0.2, 0) is 13.2 Å². The van der Waals surface area contributed by atoms with Crippen molar-refractivity contribution in [2.75, 3.05) is 7.11 Å². The average Bonchev–Trinajstić information content (AvgIpc) is 2.83. The fourth-order valence-corrected chi connectivity index (χ4v) is 3.74. The first-order chi connectivity index (χ1) is 15.7. The van der Waals surface area contributed by atoms with Crippen LogP contribution in [0.25, 0.3) is 10.8 Å². The van der Waals surface area contributed by atoms with Crippen LogP contribution in [0.1, 0.15) is 16.7 Å². The van der Waals surface area contributed by atoms with Crippen LogP contribution in [0.4, 0.5) is 0 Å². The van der Waals surface area contributed by atoms with Gasteiger partial charge in [-0.3, -0.25) is 0 Å². The lowest BCUT2D eigenvalue weighted by atomic mass is 10.0. The molecule has 0 fully saturated rings. The van der Waals surface area contributed by atoms with Gasteiger partial charge in [-0.25, -0.2) is 0 Å². The number of nitrogens with one attached hydrogen (secondary N) is 1. The first-order valence-corrected chi connectivity index (χ1v) is 10.9. The molecule has 0 aliphatic carbocycles. The Morgan fingerprint density at radius 1 is 0.875 bits per heavy atom. The van der Waals surface area contributed by atoms with Crippen molar-refractivity contribution in [1.82, 2.24) is 5.43 Å². The van der Waals surface area contributed by atoms with Crippen LogP contribution in [0, 0.1) is 0 Å². The monoisotopic (exact) mass is 464 g/mol. The molecule has 0 unspecified atom stereocenters. The Labute approximate surface area is 197 Å². The number of rotatable bonds is 8. The number of halogens is 2. The second-order valence-electron chi connectivity index (χ2n) is 7.14. The summed E-state index contributed by atoms with van der Waals surface area (Å²) < 4.78 is 11.5. The summed E-state index contributed by atoms with van der Waals surface area (Å²) in [5, 5.41) is 7.65. The number of hydrogen-bond donors (Lipinski definition) is 1. The van der Waals surface area contributed by atoms with Crippen molar-refractivity contribution in [3.05, 3.63) is 106 Å². The van der Waals surface area contributed by atoms with E-state index >= 15 is 0 Å². The zero-order chi connectivity index (χ0) is 22.3. The number of hydrazone groups is 1. The van der Waals surface area contributed by atoms with Crippen LogP contribution in [0.15, 0.2) is 84.0 Å². The first kappa shape index (κ1) is 22.0. The molecule has 0 atom stereocenters. The quantitative estimate of drug-likeness (QED) is 0.228. The minimum atomic E-state index is 0.366. The Balaban J connectivity index is 1.55. The van der Waals surface area contributed by atoms with Gasteiger partial charge in [-0.15, -0.1) is 0 Å². The molecule has 0 saturated heterocycles. The molecule has 162 valence electrons. The van der Waals surface area contributed by atoms with Gasteiger partial charge < -0.3 is 14.9 Å². The summed E-state index contributed by atoms with van der Waals surface area (Å²) in [4.78, 5) is 0. The molecular formula is C26H22Cl2N2O2. The minimum Gasteiger partial charge on any atom is -0.496 e. The summed E-state index contributed by atoms with van der Waals surface area (Å²) in [5.74, 6) is 1.56. The topological polar surface area (TPSA) is 42.8 Å². The van der Waals surface area contributed by atoms with Crippen molar-refractivity contribution in [2.24, 2.45) is 5.10 Å². The molecule has 4 rings (SSSR count). The van der Waals surface area contributed by atoms with Crippen molar-refractivity contribution in [3.63, 3.8) is 0 Å². The Bertz CT molecular complexity index is 1260. The maximum Gasteiger partial charge on any atom is 0.129 e. The third-order valence-electron chi connectivity index (χ3n) is 5.06. The smallest absolute Gasteiger partial charge is 0.129 e. The summed E-state index contributed by atoms with van der Waals surface area (Å²) in [5.41, 5.74) is 5.97. The highest BCUT2D eigenvalue weighted by molar-refractivity contribution is 6.42. The average molecular weight is 465 g/mol. The third kappa shape index (κ3) is 5.16. The molecule has 0 aromatic heterocycles. The van der Waals surface area contributed by atoms with Gasteiger partial charge >= 0.3 is 0 Å². The van der Waals surface area contributed by atoms with Gasteiger partial charge in [-0.2, -0.15) is 5.10 Å². The third-order valence-corrected chi connectivity index (χ3v) is 5.80. The normalized spacial score (nSPS) is 11.1. The second-order valence-corrected chi connectivity index (χ2v) is 7.95. The van der Waals surface area contributed by atoms with Gasteiger partial charge in [-0.1, -0.05) is 77.8 Å². The standard InChI is InChI=1S/C26H22Cl2N2O2/c1-31-25-9-5-3-7-20(25)15-29-30-16-22-21-8-4-2-6-19(21)11-13-26(22)32-17-18-10-12-23(27)24(28)14-18/h2-14,16,29H,15,17H2,1H3/b30-16+. The number of benzene rings is 4. The number of para-hydroxylation sites is 1. The molecule has 0 bridgehead atoms. The fourth-order valence-electron chi connectivity index (χ4n) is 3.42. The SMILES string of the molecule is COc1ccccc1CN/N=C/c1c(OCc2ccc(Cl)c(Cl)c2)ccc2ccccc12. The lowest BCUT2D eigenvalue weighted by Gasteiger charge is -2.12. The van der Waals surface area contributed by atoms with Crippen LogP contribution in [0.3, 0.4) is 0 Å². The molecule has 0 amide bonds. The predicted octanol–water partition coefficient (Wildman–Crippen LogP) is 6.86. The summed E-state index contributed by atoms with van der Waals surface area (Å²) >= 11 is 12.2. The van der Waals surface area contributed by atoms with Crippen molar-refractivity contribution < 1.29 is 9.47 Å². The Kier molecular flexibility index (Phi) is 7.15. The molecule has 0 radical (unpaired) electrons. The molecule has 32 heavy (non-hydrogen) atoms. The molecule has 0 heterocycles. The maximum atomic E-state index is 6.14. The van der Waals surface area contributed by atoms with Crippen LogP contribution in [0.5, 0.6) is 11.5 Å². The van der Waals surface area contributed by atoms with E-state index < -0.39 is 0 Å². The Morgan fingerprint density at radius 3 is 2.53 bits per heavy atom. The van der Waals surface area contributed by atoms with Gasteiger partial charge in [0.05, 0.1) is 29.9 Å². The van der Waals surface area contributed by atoms with Gasteiger partial charge in [0.25, 0.3) is 0 Å². The number of fused-ring (bicyclic) bond motifs is 1. The van der Waals surface area contributed by atoms with E-state index in [-0.39, 0.29) is 0 Å². The number of methoxy groups -OCH3 is 1. The Hall–Kier alpha value is -3.21. The molecule has 1 N–H and O–H groups in total. The van der Waals surface area contributed by atoms with E-state index in [1.54, 1.807) is 19.4 Å². The van der Waals surface area contributed by atoms with Crippen molar-refractivity contribution >= 4 is 40.2 Å². The zero-order valence-electron chi connectivity index (χ0n) is 17.5. The lowest BCUT2D eigenvalue weighted by molar-refractivity contribution is 0.306. The van der Waals surface area contributed by atoms with E-state index in [9.17, 15) is 0 Å². The minimum absolute atomic E-state index is 0.366. The first-order valence-electron chi connectivity index (χ1n) is 10.1. The molecule has 4 aromatic rings. The lowest BCUT2D eigenvalue weighted by Crippen LogP contribution is -2.07. The van der Waals surface area contributed by atoms with Gasteiger partial charge in [0.1, 0.15) is 18.1 Å². The summed E-state index contributed by atoms with van der Waals surface area (Å²) in [6, 6.07) is 25.5. The van der Waals surface area contributed by atoms with Gasteiger partial charge in [0, 0.05) is 11.1 Å². The van der Waals surface area contributed by atoms with Crippen molar-refractivity contribution in [2.45, 2.75) is 13.2 Å². The van der Waals surface area contributed by atoms with Crippen molar-refractivity contribution in [1.29, 1.82) is 0 Å². The second kappa shape index (κ2) is 10.4. The van der Waals surface area contributed by atoms with Gasteiger partial charge in [0.2, 0.25) is 0 Å². The van der Waals surface area contributed by atoms with E-state index in [2.05, 4.69) is 22.7 Å². The van der Waals surface area contributed by atoms with E-state index in [1.165, 1.54) is 0 Å². The highest BCUT2D eigenvalue weighted by atomic mass is 35.5. The van der Waals surface area contributed by atoms with E-state index in [0.29, 0.717) is 23.2 Å². The van der Waals surface area contributed by atoms with Gasteiger partial charge in [-0.05, 0) is 40.6 Å². The molecule has 0 saturated carbocycles. The van der Waals surface area contributed by atoms with Gasteiger partial charge in [0.15, 0.2) is 0 Å². The summed E-state index contributed by atoms with van der Waals surface area (Å²) in [6.45, 7) is 0.912. The van der Waals surface area contributed by atoms with Crippen LogP contribution < -0.4 is 14.9 Å². The number of hydrogen-bond acceptors (Lipinski definition) is 4. The maximum absolute atomic E-state index is 6.14. The van der Waals surface area contributed by atoms with Crippen LogP contribution >= 0.6 is 23.2 Å². The highest BCUT2D eigenvalue weighted by Gasteiger charge is 2.09.